The Kier molecular flexibility index (Phi) is 5.56. The molecule has 1 amide bonds. The average molecular weight is 323 g/mol. The van der Waals surface area contributed by atoms with Crippen molar-refractivity contribution in [3.05, 3.63) is 53.2 Å². The number of aryl methyl sites for hydroxylation is 1. The summed E-state index contributed by atoms with van der Waals surface area (Å²) in [6.45, 7) is 1.41. The van der Waals surface area contributed by atoms with Gasteiger partial charge >= 0.3 is 0 Å². The van der Waals surface area contributed by atoms with Crippen molar-refractivity contribution in [2.24, 2.45) is 0 Å². The number of aliphatic hydroxyl groups excluding tert-OH is 1. The van der Waals surface area contributed by atoms with Crippen molar-refractivity contribution in [2.45, 2.75) is 6.92 Å². The van der Waals surface area contributed by atoms with Crippen LogP contribution in [0.25, 0.3) is 0 Å². The molecule has 122 valence electrons. The zero-order chi connectivity index (χ0) is 16.8. The molecule has 1 heterocycles. The van der Waals surface area contributed by atoms with Gasteiger partial charge in [0.05, 0.1) is 24.5 Å². The maximum absolute atomic E-state index is 14.0. The van der Waals surface area contributed by atoms with E-state index < -0.39 is 17.5 Å². The molecule has 0 fully saturated rings. The summed E-state index contributed by atoms with van der Waals surface area (Å²) in [5.41, 5.74) is 2.41. The Morgan fingerprint density at radius 1 is 1.30 bits per heavy atom. The van der Waals surface area contributed by atoms with E-state index in [2.05, 4.69) is 15.1 Å². The van der Waals surface area contributed by atoms with E-state index in [0.717, 1.165) is 17.7 Å². The van der Waals surface area contributed by atoms with Crippen LogP contribution in [-0.4, -0.2) is 29.2 Å². The minimum Gasteiger partial charge on any atom is -0.394 e. The highest BCUT2D eigenvalue weighted by atomic mass is 19.2. The topological polar surface area (TPSA) is 83.5 Å². The minimum atomic E-state index is -1.21. The molecule has 1 aromatic heterocycles. The molecular weight excluding hydrogens is 308 g/mol. The summed E-state index contributed by atoms with van der Waals surface area (Å²) in [5, 5.41) is 11.2. The van der Waals surface area contributed by atoms with Gasteiger partial charge in [-0.1, -0.05) is 6.07 Å². The maximum atomic E-state index is 14.0. The Labute approximate surface area is 131 Å². The van der Waals surface area contributed by atoms with Gasteiger partial charge in [-0.25, -0.2) is 19.2 Å². The quantitative estimate of drug-likeness (QED) is 0.560. The van der Waals surface area contributed by atoms with Gasteiger partial charge in [-0.3, -0.25) is 9.63 Å². The second kappa shape index (κ2) is 7.61. The molecule has 0 aliphatic rings. The number of hydrogen-bond donors (Lipinski definition) is 3. The molecule has 3 N–H and O–H groups in total. The summed E-state index contributed by atoms with van der Waals surface area (Å²) < 4.78 is 27.5. The third kappa shape index (κ3) is 4.21. The molecule has 0 spiro atoms. The Bertz CT molecular complexity index is 693. The molecule has 1 aromatic carbocycles. The van der Waals surface area contributed by atoms with Crippen molar-refractivity contribution < 1.29 is 23.5 Å². The number of carbonyl (C=O) groups excluding carboxylic acids is 1. The van der Waals surface area contributed by atoms with E-state index in [9.17, 15) is 13.6 Å². The standard InChI is InChI=1S/C15H15F2N3O3/c1-9-2-5-12(18-8-9)19-14-10(3-4-11(16)13(14)17)15(22)20-23-7-6-21/h2-5,8,21H,6-7H2,1H3,(H,18,19)(H,20,22). The average Bonchev–Trinajstić information content (AvgIpc) is 2.54. The molecule has 0 aliphatic heterocycles. The molecule has 0 unspecified atom stereocenters. The molecule has 0 atom stereocenters. The van der Waals surface area contributed by atoms with Gasteiger partial charge < -0.3 is 10.4 Å². The van der Waals surface area contributed by atoms with Gasteiger partial charge in [0.15, 0.2) is 11.6 Å². The van der Waals surface area contributed by atoms with Gasteiger partial charge in [0.2, 0.25) is 0 Å². The van der Waals surface area contributed by atoms with E-state index >= 15 is 0 Å². The normalized spacial score (nSPS) is 10.4. The van der Waals surface area contributed by atoms with Gasteiger partial charge in [-0.15, -0.1) is 0 Å². The van der Waals surface area contributed by atoms with Crippen LogP contribution >= 0.6 is 0 Å². The van der Waals surface area contributed by atoms with E-state index in [1.165, 1.54) is 0 Å². The number of aliphatic hydroxyl groups is 1. The van der Waals surface area contributed by atoms with Crippen LogP contribution in [0.3, 0.4) is 0 Å². The third-order valence-corrected chi connectivity index (χ3v) is 2.86. The van der Waals surface area contributed by atoms with Gasteiger partial charge in [0, 0.05) is 6.20 Å². The van der Waals surface area contributed by atoms with Crippen LogP contribution in [0.2, 0.25) is 0 Å². The number of nitrogens with zero attached hydrogens (tertiary/aromatic N) is 1. The number of rotatable bonds is 6. The highest BCUT2D eigenvalue weighted by molar-refractivity contribution is 5.99. The van der Waals surface area contributed by atoms with Crippen molar-refractivity contribution in [3.8, 4) is 0 Å². The predicted molar refractivity (Wildman–Crippen MR) is 79.1 cm³/mol. The number of anilines is 2. The van der Waals surface area contributed by atoms with Crippen molar-refractivity contribution in [1.82, 2.24) is 10.5 Å². The number of amides is 1. The lowest BCUT2D eigenvalue weighted by Crippen LogP contribution is -2.26. The van der Waals surface area contributed by atoms with Crippen LogP contribution in [0.4, 0.5) is 20.3 Å². The summed E-state index contributed by atoms with van der Waals surface area (Å²) in [5.74, 6) is -2.84. The molecule has 0 bridgehead atoms. The molecule has 0 saturated carbocycles. The highest BCUT2D eigenvalue weighted by Crippen LogP contribution is 2.25. The van der Waals surface area contributed by atoms with E-state index in [-0.39, 0.29) is 30.3 Å². The zero-order valence-corrected chi connectivity index (χ0v) is 12.3. The maximum Gasteiger partial charge on any atom is 0.277 e. The third-order valence-electron chi connectivity index (χ3n) is 2.86. The summed E-state index contributed by atoms with van der Waals surface area (Å²) in [6, 6.07) is 5.26. The van der Waals surface area contributed by atoms with E-state index in [1.807, 2.05) is 12.4 Å². The second-order valence-electron chi connectivity index (χ2n) is 4.63. The first-order valence-electron chi connectivity index (χ1n) is 6.73. The smallest absolute Gasteiger partial charge is 0.277 e. The number of aromatic nitrogens is 1. The van der Waals surface area contributed by atoms with Crippen LogP contribution in [0.5, 0.6) is 0 Å². The van der Waals surface area contributed by atoms with Gasteiger partial charge in [-0.2, -0.15) is 0 Å². The Morgan fingerprint density at radius 2 is 2.09 bits per heavy atom. The van der Waals surface area contributed by atoms with Crippen molar-refractivity contribution in [3.63, 3.8) is 0 Å². The van der Waals surface area contributed by atoms with Crippen LogP contribution in [0.15, 0.2) is 30.5 Å². The first-order chi connectivity index (χ1) is 11.0. The summed E-state index contributed by atoms with van der Waals surface area (Å²) in [7, 11) is 0. The Morgan fingerprint density at radius 3 is 2.74 bits per heavy atom. The lowest BCUT2D eigenvalue weighted by atomic mass is 10.1. The number of halogens is 2. The molecule has 0 radical (unpaired) electrons. The van der Waals surface area contributed by atoms with Crippen molar-refractivity contribution in [2.75, 3.05) is 18.5 Å². The van der Waals surface area contributed by atoms with Gasteiger partial charge in [0.25, 0.3) is 5.91 Å². The van der Waals surface area contributed by atoms with E-state index in [4.69, 9.17) is 5.11 Å². The molecule has 23 heavy (non-hydrogen) atoms. The molecular formula is C15H15F2N3O3. The minimum absolute atomic E-state index is 0.127. The van der Waals surface area contributed by atoms with Crippen LogP contribution in [0, 0.1) is 18.6 Å². The lowest BCUT2D eigenvalue weighted by molar-refractivity contribution is 0.0168. The largest absolute Gasteiger partial charge is 0.394 e. The molecule has 8 heteroatoms. The fraction of sp³-hybridized carbons (Fsp3) is 0.200. The van der Waals surface area contributed by atoms with Crippen LogP contribution in [0.1, 0.15) is 15.9 Å². The number of carbonyl (C=O) groups is 1. The molecule has 6 nitrogen and oxygen atoms in total. The zero-order valence-electron chi connectivity index (χ0n) is 12.3. The molecule has 2 rings (SSSR count). The van der Waals surface area contributed by atoms with Gasteiger partial charge in [0.1, 0.15) is 5.82 Å². The lowest BCUT2D eigenvalue weighted by Gasteiger charge is -2.13. The number of hydrogen-bond acceptors (Lipinski definition) is 5. The van der Waals surface area contributed by atoms with E-state index in [0.29, 0.717) is 0 Å². The van der Waals surface area contributed by atoms with Crippen molar-refractivity contribution >= 4 is 17.4 Å². The first-order valence-corrected chi connectivity index (χ1v) is 6.73. The highest BCUT2D eigenvalue weighted by Gasteiger charge is 2.19. The fourth-order valence-corrected chi connectivity index (χ4v) is 1.75. The summed E-state index contributed by atoms with van der Waals surface area (Å²) in [4.78, 5) is 20.7. The van der Waals surface area contributed by atoms with Gasteiger partial charge in [-0.05, 0) is 30.7 Å². The SMILES string of the molecule is Cc1ccc(Nc2c(C(=O)NOCCO)ccc(F)c2F)nc1. The summed E-state index contributed by atoms with van der Waals surface area (Å²) >= 11 is 0. The second-order valence-corrected chi connectivity index (χ2v) is 4.63. The number of nitrogens with one attached hydrogen (secondary N) is 2. The molecule has 0 saturated heterocycles. The molecule has 2 aromatic rings. The number of benzene rings is 1. The Balaban J connectivity index is 2.30. The predicted octanol–water partition coefficient (Wildman–Crippen LogP) is 2.07. The first kappa shape index (κ1) is 16.8. The number of pyridine rings is 1. The van der Waals surface area contributed by atoms with Crippen molar-refractivity contribution in [1.29, 1.82) is 0 Å². The molecule has 0 aliphatic carbocycles. The van der Waals surface area contributed by atoms with E-state index in [1.54, 1.807) is 18.3 Å². The Hall–Kier alpha value is -2.58. The van der Waals surface area contributed by atoms with Crippen LogP contribution in [-0.2, 0) is 4.84 Å². The summed E-state index contributed by atoms with van der Waals surface area (Å²) in [6.07, 6.45) is 1.55. The monoisotopic (exact) mass is 323 g/mol. The fourth-order valence-electron chi connectivity index (χ4n) is 1.75. The number of hydroxylamine groups is 1. The van der Waals surface area contributed by atoms with Crippen LogP contribution < -0.4 is 10.8 Å².